The fraction of sp³-hybridized carbons (Fsp3) is 0.783. The third kappa shape index (κ3) is 61.6. The highest BCUT2D eigenvalue weighted by Crippen LogP contribution is 2.16. The summed E-state index contributed by atoms with van der Waals surface area (Å²) in [7, 11) is 0. The Bertz CT molecular complexity index is 1390. The van der Waals surface area contributed by atoms with Crippen molar-refractivity contribution in [1.29, 1.82) is 0 Å². The van der Waals surface area contributed by atoms with E-state index in [4.69, 9.17) is 14.2 Å². The van der Waals surface area contributed by atoms with Gasteiger partial charge < -0.3 is 14.2 Å². The third-order valence-corrected chi connectivity index (χ3v) is 14.2. The van der Waals surface area contributed by atoms with Crippen molar-refractivity contribution >= 4 is 17.9 Å². The summed E-state index contributed by atoms with van der Waals surface area (Å²) in [6, 6.07) is 0. The smallest absolute Gasteiger partial charge is 0.306 e. The molecule has 1 atom stereocenters. The molecule has 0 radical (unpaired) electrons. The fourth-order valence-electron chi connectivity index (χ4n) is 9.23. The Hall–Kier alpha value is -3.15. The van der Waals surface area contributed by atoms with E-state index in [9.17, 15) is 14.4 Å². The number of esters is 3. The first-order chi connectivity index (χ1) is 37.0. The van der Waals surface area contributed by atoms with E-state index in [1.165, 1.54) is 193 Å². The van der Waals surface area contributed by atoms with Gasteiger partial charge in [0.15, 0.2) is 6.10 Å². The van der Waals surface area contributed by atoms with E-state index >= 15 is 0 Å². The molecule has 0 spiro atoms. The van der Waals surface area contributed by atoms with Gasteiger partial charge in [0.05, 0.1) is 0 Å². The topological polar surface area (TPSA) is 78.9 Å². The summed E-state index contributed by atoms with van der Waals surface area (Å²) in [5.41, 5.74) is 0. The molecule has 0 aromatic carbocycles. The maximum atomic E-state index is 12.9. The molecule has 0 fully saturated rings. The number of rotatable bonds is 59. The molecule has 0 N–H and O–H groups in total. The molecule has 6 nitrogen and oxygen atoms in total. The summed E-state index contributed by atoms with van der Waals surface area (Å²) in [6.45, 7) is 6.59. The minimum atomic E-state index is -0.787. The van der Waals surface area contributed by atoms with Gasteiger partial charge in [-0.3, -0.25) is 14.4 Å². The SMILES string of the molecule is CCCC/C=C\C/C=C\CCCCCCCC(=O)OCC(COC(=O)CCCCCCCCCCCCCCC/C=C\C/C=C\CCCCCCC)OC(=O)CCCCCCCCC/C=C\C/C=C\CCCCCC. The third-order valence-electron chi connectivity index (χ3n) is 14.2. The summed E-state index contributed by atoms with van der Waals surface area (Å²) in [4.78, 5) is 38.3. The van der Waals surface area contributed by atoms with E-state index in [0.717, 1.165) is 96.3 Å². The number of hydrogen-bond acceptors (Lipinski definition) is 6. The molecule has 0 saturated carbocycles. The van der Waals surface area contributed by atoms with Gasteiger partial charge in [-0.25, -0.2) is 0 Å². The summed E-state index contributed by atoms with van der Waals surface area (Å²) >= 11 is 0. The van der Waals surface area contributed by atoms with Gasteiger partial charge in [0.25, 0.3) is 0 Å². The van der Waals surface area contributed by atoms with Gasteiger partial charge in [0.2, 0.25) is 0 Å². The molecule has 0 rings (SSSR count). The molecule has 0 aliphatic carbocycles. The fourth-order valence-corrected chi connectivity index (χ4v) is 9.23. The second-order valence-corrected chi connectivity index (χ2v) is 21.7. The van der Waals surface area contributed by atoms with Crippen molar-refractivity contribution in [2.75, 3.05) is 13.2 Å². The van der Waals surface area contributed by atoms with Gasteiger partial charge in [-0.1, -0.05) is 273 Å². The standard InChI is InChI=1S/C69H122O6/c1-4-7-10-13-16-19-22-25-28-30-32-33-34-35-36-37-38-40-41-44-47-50-53-56-59-62-68(71)74-65-66(64-73-67(70)61-58-55-52-49-46-43-27-24-21-18-15-12-9-6-3)75-69(72)63-60-57-54-51-48-45-42-39-31-29-26-23-20-17-14-11-8-5-2/h15,18,20,22-25,27,29-32,66H,4-14,16-17,19,21,26,28,33-65H2,1-3H3/b18-15-,23-20-,25-22-,27-24-,31-29-,32-30-. The number of ether oxygens (including phenoxy) is 3. The second-order valence-electron chi connectivity index (χ2n) is 21.7. The summed E-state index contributed by atoms with van der Waals surface area (Å²) in [6.07, 6.45) is 81.9. The van der Waals surface area contributed by atoms with Crippen molar-refractivity contribution in [2.24, 2.45) is 0 Å². The average Bonchev–Trinajstić information content (AvgIpc) is 3.41. The predicted molar refractivity (Wildman–Crippen MR) is 325 cm³/mol. The van der Waals surface area contributed by atoms with Crippen LogP contribution >= 0.6 is 0 Å². The molecule has 0 bridgehead atoms. The van der Waals surface area contributed by atoms with E-state index in [1.54, 1.807) is 0 Å². The summed E-state index contributed by atoms with van der Waals surface area (Å²) < 4.78 is 16.9. The van der Waals surface area contributed by atoms with E-state index in [0.29, 0.717) is 19.3 Å². The first kappa shape index (κ1) is 71.8. The average molecular weight is 1050 g/mol. The largest absolute Gasteiger partial charge is 0.462 e. The van der Waals surface area contributed by atoms with Crippen molar-refractivity contribution < 1.29 is 28.6 Å². The van der Waals surface area contributed by atoms with Gasteiger partial charge in [-0.15, -0.1) is 0 Å². The molecular weight excluding hydrogens is 925 g/mol. The highest BCUT2D eigenvalue weighted by atomic mass is 16.6. The zero-order chi connectivity index (χ0) is 54.3. The van der Waals surface area contributed by atoms with Crippen molar-refractivity contribution in [2.45, 2.75) is 335 Å². The molecule has 75 heavy (non-hydrogen) atoms. The molecule has 0 heterocycles. The maximum Gasteiger partial charge on any atom is 0.306 e. The number of allylic oxidation sites excluding steroid dienone is 12. The lowest BCUT2D eigenvalue weighted by atomic mass is 10.0. The molecular formula is C69H122O6. The highest BCUT2D eigenvalue weighted by molar-refractivity contribution is 5.71. The molecule has 6 heteroatoms. The van der Waals surface area contributed by atoms with E-state index in [1.807, 2.05) is 0 Å². The Kier molecular flexibility index (Phi) is 60.7. The van der Waals surface area contributed by atoms with Crippen LogP contribution in [0.25, 0.3) is 0 Å². The maximum absolute atomic E-state index is 12.9. The number of unbranched alkanes of at least 4 members (excludes halogenated alkanes) is 36. The molecule has 0 aromatic rings. The normalized spacial score (nSPS) is 12.5. The van der Waals surface area contributed by atoms with Crippen LogP contribution in [0.3, 0.4) is 0 Å². The van der Waals surface area contributed by atoms with Crippen LogP contribution in [-0.4, -0.2) is 37.2 Å². The van der Waals surface area contributed by atoms with Crippen LogP contribution in [0.4, 0.5) is 0 Å². The first-order valence-corrected chi connectivity index (χ1v) is 32.4. The lowest BCUT2D eigenvalue weighted by Crippen LogP contribution is -2.30. The Labute approximate surface area is 465 Å². The molecule has 434 valence electrons. The van der Waals surface area contributed by atoms with Gasteiger partial charge in [0, 0.05) is 19.3 Å². The number of carbonyl (C=O) groups is 3. The van der Waals surface area contributed by atoms with Crippen LogP contribution in [0, 0.1) is 0 Å². The Morgan fingerprint density at radius 2 is 0.493 bits per heavy atom. The van der Waals surface area contributed by atoms with Crippen molar-refractivity contribution in [3.63, 3.8) is 0 Å². The summed E-state index contributed by atoms with van der Waals surface area (Å²) in [5.74, 6) is -0.891. The van der Waals surface area contributed by atoms with Crippen molar-refractivity contribution in [3.05, 3.63) is 72.9 Å². The summed E-state index contributed by atoms with van der Waals surface area (Å²) in [5, 5.41) is 0. The molecule has 0 saturated heterocycles. The van der Waals surface area contributed by atoms with Crippen LogP contribution < -0.4 is 0 Å². The van der Waals surface area contributed by atoms with E-state index in [-0.39, 0.29) is 31.1 Å². The van der Waals surface area contributed by atoms with E-state index < -0.39 is 6.10 Å². The first-order valence-electron chi connectivity index (χ1n) is 32.4. The van der Waals surface area contributed by atoms with Crippen molar-refractivity contribution in [1.82, 2.24) is 0 Å². The molecule has 0 aromatic heterocycles. The minimum absolute atomic E-state index is 0.0821. The second kappa shape index (κ2) is 63.4. The molecule has 0 aliphatic rings. The Balaban J connectivity index is 4.31. The van der Waals surface area contributed by atoms with Gasteiger partial charge in [-0.05, 0) is 109 Å². The van der Waals surface area contributed by atoms with Crippen LogP contribution in [0.2, 0.25) is 0 Å². The number of carbonyl (C=O) groups excluding carboxylic acids is 3. The Morgan fingerprint density at radius 1 is 0.267 bits per heavy atom. The predicted octanol–water partition coefficient (Wildman–Crippen LogP) is 22.1. The van der Waals surface area contributed by atoms with Crippen LogP contribution in [0.5, 0.6) is 0 Å². The van der Waals surface area contributed by atoms with Crippen LogP contribution in [0.1, 0.15) is 329 Å². The lowest BCUT2D eigenvalue weighted by Gasteiger charge is -2.18. The van der Waals surface area contributed by atoms with Crippen molar-refractivity contribution in [3.8, 4) is 0 Å². The van der Waals surface area contributed by atoms with Gasteiger partial charge in [-0.2, -0.15) is 0 Å². The number of hydrogen-bond donors (Lipinski definition) is 0. The molecule has 0 amide bonds. The highest BCUT2D eigenvalue weighted by Gasteiger charge is 2.19. The zero-order valence-corrected chi connectivity index (χ0v) is 49.8. The quantitative estimate of drug-likeness (QED) is 0.0261. The van der Waals surface area contributed by atoms with E-state index in [2.05, 4.69) is 93.7 Å². The van der Waals surface area contributed by atoms with Gasteiger partial charge >= 0.3 is 17.9 Å². The zero-order valence-electron chi connectivity index (χ0n) is 49.8. The van der Waals surface area contributed by atoms with Crippen LogP contribution in [0.15, 0.2) is 72.9 Å². The minimum Gasteiger partial charge on any atom is -0.462 e. The lowest BCUT2D eigenvalue weighted by molar-refractivity contribution is -0.167. The molecule has 1 unspecified atom stereocenters. The monoisotopic (exact) mass is 1050 g/mol. The Morgan fingerprint density at radius 3 is 0.787 bits per heavy atom. The molecule has 0 aliphatic heterocycles. The van der Waals surface area contributed by atoms with Crippen LogP contribution in [-0.2, 0) is 28.6 Å². The van der Waals surface area contributed by atoms with Gasteiger partial charge in [0.1, 0.15) is 13.2 Å².